The van der Waals surface area contributed by atoms with Crippen molar-refractivity contribution in [3.8, 4) is 11.5 Å². The Labute approximate surface area is 195 Å². The number of hydrogen-bond acceptors (Lipinski definition) is 7. The number of dihydropyridines is 1. The summed E-state index contributed by atoms with van der Waals surface area (Å²) in [6, 6.07) is 5.53. The summed E-state index contributed by atoms with van der Waals surface area (Å²) in [7, 11) is 3.14. The molecule has 178 valence electrons. The van der Waals surface area contributed by atoms with Crippen molar-refractivity contribution >= 4 is 11.8 Å². The van der Waals surface area contributed by atoms with Crippen molar-refractivity contribution < 1.29 is 28.5 Å². The molecule has 0 aromatic heterocycles. The van der Waals surface area contributed by atoms with Gasteiger partial charge in [0.15, 0.2) is 17.3 Å². The second kappa shape index (κ2) is 9.21. The highest BCUT2D eigenvalue weighted by Crippen LogP contribution is 2.50. The van der Waals surface area contributed by atoms with Crippen LogP contribution in [0.3, 0.4) is 0 Å². The molecule has 4 rings (SSSR count). The van der Waals surface area contributed by atoms with Gasteiger partial charge in [-0.25, -0.2) is 4.79 Å². The maximum absolute atomic E-state index is 13.5. The summed E-state index contributed by atoms with van der Waals surface area (Å²) in [6.07, 6.45) is 2.89. The van der Waals surface area contributed by atoms with E-state index in [-0.39, 0.29) is 23.9 Å². The average molecular weight is 456 g/mol. The molecule has 1 aromatic rings. The van der Waals surface area contributed by atoms with Gasteiger partial charge in [0.05, 0.1) is 31.8 Å². The number of ether oxygens (including phenoxy) is 4. The fourth-order valence-corrected chi connectivity index (χ4v) is 5.18. The van der Waals surface area contributed by atoms with Gasteiger partial charge in [0.25, 0.3) is 0 Å². The van der Waals surface area contributed by atoms with Crippen molar-refractivity contribution in [1.82, 2.24) is 5.32 Å². The van der Waals surface area contributed by atoms with E-state index in [4.69, 9.17) is 18.9 Å². The number of carbonyl (C=O) groups is 2. The van der Waals surface area contributed by atoms with E-state index in [0.717, 1.165) is 18.5 Å². The van der Waals surface area contributed by atoms with Gasteiger partial charge in [-0.2, -0.15) is 0 Å². The normalized spacial score (nSPS) is 24.3. The van der Waals surface area contributed by atoms with Crippen LogP contribution in [0.2, 0.25) is 0 Å². The summed E-state index contributed by atoms with van der Waals surface area (Å²) in [6.45, 7) is 6.92. The van der Waals surface area contributed by atoms with Gasteiger partial charge in [-0.1, -0.05) is 26.0 Å². The Hall–Kier alpha value is -2.80. The first-order valence-corrected chi connectivity index (χ1v) is 11.5. The number of benzene rings is 1. The Kier molecular flexibility index (Phi) is 6.52. The van der Waals surface area contributed by atoms with Gasteiger partial charge in [0.2, 0.25) is 0 Å². The van der Waals surface area contributed by atoms with Crippen molar-refractivity contribution in [2.45, 2.75) is 58.5 Å². The van der Waals surface area contributed by atoms with Crippen LogP contribution in [0.4, 0.5) is 0 Å². The summed E-state index contributed by atoms with van der Waals surface area (Å²) >= 11 is 0. The van der Waals surface area contributed by atoms with E-state index in [1.165, 1.54) is 0 Å². The van der Waals surface area contributed by atoms with Crippen LogP contribution in [0.15, 0.2) is 40.7 Å². The summed E-state index contributed by atoms with van der Waals surface area (Å²) < 4.78 is 22.5. The fourth-order valence-electron chi connectivity index (χ4n) is 5.18. The second-order valence-corrected chi connectivity index (χ2v) is 9.75. The standard InChI is InChI=1S/C26H33NO6/c1-15-21(25(29)33-14-16-8-7-11-32-16)22(17-9-6-10-20(30-4)24(17)31-5)23-18(27-15)12-26(2,3)13-19(23)28/h6,9-10,16,22,27H,7-8,11-14H2,1-5H3/t16-,22-/m0/s1. The number of methoxy groups -OCH3 is 2. The number of hydrogen-bond donors (Lipinski definition) is 1. The first-order chi connectivity index (χ1) is 15.8. The van der Waals surface area contributed by atoms with Crippen molar-refractivity contribution in [2.24, 2.45) is 5.41 Å². The molecule has 0 saturated carbocycles. The quantitative estimate of drug-likeness (QED) is 0.649. The van der Waals surface area contributed by atoms with Crippen molar-refractivity contribution in [1.29, 1.82) is 0 Å². The Balaban J connectivity index is 1.80. The lowest BCUT2D eigenvalue weighted by Crippen LogP contribution is -2.39. The number of allylic oxidation sites excluding steroid dienone is 3. The third-order valence-electron chi connectivity index (χ3n) is 6.63. The lowest BCUT2D eigenvalue weighted by atomic mass is 9.68. The number of rotatable bonds is 6. The highest BCUT2D eigenvalue weighted by atomic mass is 16.6. The van der Waals surface area contributed by atoms with Crippen LogP contribution in [0, 0.1) is 5.41 Å². The molecule has 0 radical (unpaired) electrons. The maximum atomic E-state index is 13.5. The van der Waals surface area contributed by atoms with E-state index in [9.17, 15) is 9.59 Å². The van der Waals surface area contributed by atoms with E-state index in [1.54, 1.807) is 20.3 Å². The van der Waals surface area contributed by atoms with Gasteiger partial charge >= 0.3 is 5.97 Å². The minimum Gasteiger partial charge on any atom is -0.493 e. The Morgan fingerprint density at radius 3 is 2.67 bits per heavy atom. The summed E-state index contributed by atoms with van der Waals surface area (Å²) in [5.74, 6) is 0.0274. The molecule has 0 unspecified atom stereocenters. The maximum Gasteiger partial charge on any atom is 0.336 e. The number of nitrogens with one attached hydrogen (secondary N) is 1. The molecule has 1 fully saturated rings. The smallest absolute Gasteiger partial charge is 0.336 e. The van der Waals surface area contributed by atoms with E-state index in [1.807, 2.05) is 19.1 Å². The molecule has 1 N–H and O–H groups in total. The number of ketones is 1. The summed E-state index contributed by atoms with van der Waals surface area (Å²) in [5.41, 5.74) is 3.12. The molecule has 2 aliphatic heterocycles. The number of para-hydroxylation sites is 1. The largest absolute Gasteiger partial charge is 0.493 e. The van der Waals surface area contributed by atoms with E-state index in [0.29, 0.717) is 53.4 Å². The highest BCUT2D eigenvalue weighted by molar-refractivity contribution is 6.04. The van der Waals surface area contributed by atoms with Gasteiger partial charge in [0, 0.05) is 35.6 Å². The molecule has 7 nitrogen and oxygen atoms in total. The molecule has 0 spiro atoms. The molecular formula is C26H33NO6. The van der Waals surface area contributed by atoms with Crippen molar-refractivity contribution in [3.63, 3.8) is 0 Å². The van der Waals surface area contributed by atoms with Crippen LogP contribution in [0.5, 0.6) is 11.5 Å². The Bertz CT molecular complexity index is 1020. The fraction of sp³-hybridized carbons (Fsp3) is 0.538. The van der Waals surface area contributed by atoms with Crippen LogP contribution in [-0.2, 0) is 19.1 Å². The zero-order valence-corrected chi connectivity index (χ0v) is 20.1. The number of carbonyl (C=O) groups excluding carboxylic acids is 2. The molecule has 1 aliphatic carbocycles. The minimum atomic E-state index is -0.605. The number of Topliss-reactive ketones (excluding diaryl/α,β-unsaturated/α-hetero) is 1. The molecule has 7 heteroatoms. The van der Waals surface area contributed by atoms with E-state index >= 15 is 0 Å². The zero-order valence-electron chi connectivity index (χ0n) is 20.1. The van der Waals surface area contributed by atoms with Gasteiger partial charge in [-0.05, 0) is 37.7 Å². The molecule has 33 heavy (non-hydrogen) atoms. The lowest BCUT2D eigenvalue weighted by Gasteiger charge is -2.39. The van der Waals surface area contributed by atoms with Crippen molar-refractivity contribution in [3.05, 3.63) is 46.3 Å². The molecule has 3 aliphatic rings. The molecule has 2 atom stereocenters. The first kappa shape index (κ1) is 23.4. The SMILES string of the molecule is COc1cccc([C@H]2C(C(=O)OC[C@@H]3CCCO3)=C(C)NC3=C2C(=O)CC(C)(C)C3)c1OC. The summed E-state index contributed by atoms with van der Waals surface area (Å²) in [5, 5.41) is 3.36. The monoisotopic (exact) mass is 455 g/mol. The summed E-state index contributed by atoms with van der Waals surface area (Å²) in [4.78, 5) is 26.9. The molecule has 2 heterocycles. The first-order valence-electron chi connectivity index (χ1n) is 11.5. The van der Waals surface area contributed by atoms with Gasteiger partial charge < -0.3 is 24.3 Å². The molecule has 1 aromatic carbocycles. The average Bonchev–Trinajstić information content (AvgIpc) is 3.28. The predicted molar refractivity (Wildman–Crippen MR) is 123 cm³/mol. The predicted octanol–water partition coefficient (Wildman–Crippen LogP) is 4.03. The lowest BCUT2D eigenvalue weighted by molar-refractivity contribution is -0.142. The van der Waals surface area contributed by atoms with Gasteiger partial charge in [0.1, 0.15) is 6.61 Å². The van der Waals surface area contributed by atoms with Crippen LogP contribution < -0.4 is 14.8 Å². The topological polar surface area (TPSA) is 83.1 Å². The van der Waals surface area contributed by atoms with Gasteiger partial charge in [-0.3, -0.25) is 4.79 Å². The Morgan fingerprint density at radius 1 is 1.21 bits per heavy atom. The van der Waals surface area contributed by atoms with E-state index < -0.39 is 11.9 Å². The zero-order chi connectivity index (χ0) is 23.8. The number of esters is 1. The minimum absolute atomic E-state index is 0.0283. The van der Waals surface area contributed by atoms with Gasteiger partial charge in [-0.15, -0.1) is 0 Å². The highest BCUT2D eigenvalue weighted by Gasteiger charge is 2.44. The van der Waals surface area contributed by atoms with E-state index in [2.05, 4.69) is 19.2 Å². The van der Waals surface area contributed by atoms with Crippen LogP contribution in [0.25, 0.3) is 0 Å². The van der Waals surface area contributed by atoms with Crippen LogP contribution in [0.1, 0.15) is 57.9 Å². The Morgan fingerprint density at radius 2 is 2.00 bits per heavy atom. The van der Waals surface area contributed by atoms with Crippen LogP contribution >= 0.6 is 0 Å². The molecule has 0 bridgehead atoms. The third kappa shape index (κ3) is 4.51. The van der Waals surface area contributed by atoms with Crippen LogP contribution in [-0.4, -0.2) is 45.3 Å². The molecule has 0 amide bonds. The third-order valence-corrected chi connectivity index (χ3v) is 6.63. The second-order valence-electron chi connectivity index (χ2n) is 9.75. The molecule has 1 saturated heterocycles. The molecular weight excluding hydrogens is 422 g/mol. The van der Waals surface area contributed by atoms with Crippen molar-refractivity contribution in [2.75, 3.05) is 27.4 Å².